The third kappa shape index (κ3) is 4.32. The normalized spacial score (nSPS) is 15.3. The summed E-state index contributed by atoms with van der Waals surface area (Å²) < 4.78 is 17.7. The molecule has 1 atom stereocenters. The fourth-order valence-electron chi connectivity index (χ4n) is 4.60. The number of nitrogens with zero attached hydrogens (tertiary/aromatic N) is 2. The molecule has 0 aliphatic carbocycles. The van der Waals surface area contributed by atoms with Gasteiger partial charge in [0.2, 0.25) is 5.76 Å². The Morgan fingerprint density at radius 1 is 1.03 bits per heavy atom. The monoisotopic (exact) mass is 528 g/mol. The fourth-order valence-corrected chi connectivity index (χ4v) is 4.96. The molecule has 1 aliphatic rings. The van der Waals surface area contributed by atoms with E-state index in [2.05, 4.69) is 34.7 Å². The van der Waals surface area contributed by atoms with Gasteiger partial charge in [-0.25, -0.2) is 0 Å². The second-order valence-electron chi connectivity index (χ2n) is 8.21. The molecule has 2 heterocycles. The van der Waals surface area contributed by atoms with Gasteiger partial charge in [-0.3, -0.25) is 9.59 Å². The van der Waals surface area contributed by atoms with E-state index in [4.69, 9.17) is 13.9 Å². The van der Waals surface area contributed by atoms with Crippen LogP contribution in [0.5, 0.6) is 11.5 Å². The molecule has 0 spiro atoms. The first kappa shape index (κ1) is 24.3. The molecule has 1 amide bonds. The quantitative estimate of drug-likeness (QED) is 0.395. The largest absolute Gasteiger partial charge is 0.493 e. The molecule has 8 heteroatoms. The van der Waals surface area contributed by atoms with Crippen molar-refractivity contribution in [3.05, 3.63) is 68.0 Å². The second kappa shape index (κ2) is 10.2. The van der Waals surface area contributed by atoms with E-state index in [0.29, 0.717) is 34.6 Å². The van der Waals surface area contributed by atoms with E-state index in [1.165, 1.54) is 0 Å². The number of rotatable bonds is 9. The number of hydrogen-bond acceptors (Lipinski definition) is 6. The Morgan fingerprint density at radius 3 is 2.44 bits per heavy atom. The number of ether oxygens (including phenoxy) is 2. The minimum Gasteiger partial charge on any atom is -0.493 e. The lowest BCUT2D eigenvalue weighted by Gasteiger charge is -2.27. The molecule has 34 heavy (non-hydrogen) atoms. The smallest absolute Gasteiger partial charge is 0.290 e. The number of hydrogen-bond donors (Lipinski definition) is 0. The van der Waals surface area contributed by atoms with Crippen LogP contribution in [0.4, 0.5) is 0 Å². The van der Waals surface area contributed by atoms with Crippen LogP contribution < -0.4 is 14.9 Å². The zero-order chi connectivity index (χ0) is 24.4. The van der Waals surface area contributed by atoms with Crippen LogP contribution >= 0.6 is 15.9 Å². The fraction of sp³-hybridized carbons (Fsp3) is 0.385. The van der Waals surface area contributed by atoms with Gasteiger partial charge in [0.15, 0.2) is 16.9 Å². The topological polar surface area (TPSA) is 72.2 Å². The van der Waals surface area contributed by atoms with E-state index in [1.54, 1.807) is 43.4 Å². The maximum atomic E-state index is 13.7. The molecule has 0 saturated carbocycles. The molecular formula is C26H29BrN2O5. The van der Waals surface area contributed by atoms with Crippen LogP contribution in [0.25, 0.3) is 11.0 Å². The van der Waals surface area contributed by atoms with Crippen molar-refractivity contribution < 1.29 is 18.7 Å². The lowest BCUT2D eigenvalue weighted by Crippen LogP contribution is -2.33. The molecule has 0 unspecified atom stereocenters. The van der Waals surface area contributed by atoms with Crippen molar-refractivity contribution in [2.75, 3.05) is 40.4 Å². The lowest BCUT2D eigenvalue weighted by atomic mass is 9.98. The van der Waals surface area contributed by atoms with Crippen LogP contribution in [0.2, 0.25) is 0 Å². The third-order valence-corrected chi connectivity index (χ3v) is 6.91. The predicted octanol–water partition coefficient (Wildman–Crippen LogP) is 4.85. The molecule has 3 aromatic rings. The summed E-state index contributed by atoms with van der Waals surface area (Å²) in [5, 5.41) is 0.441. The second-order valence-corrected chi connectivity index (χ2v) is 9.13. The van der Waals surface area contributed by atoms with Gasteiger partial charge in [-0.05, 0) is 62.0 Å². The van der Waals surface area contributed by atoms with Crippen molar-refractivity contribution in [3.63, 3.8) is 0 Å². The third-order valence-electron chi connectivity index (χ3n) is 6.42. The zero-order valence-corrected chi connectivity index (χ0v) is 21.5. The Labute approximate surface area is 207 Å². The van der Waals surface area contributed by atoms with Crippen molar-refractivity contribution in [2.24, 2.45) is 0 Å². The maximum Gasteiger partial charge on any atom is 0.290 e. The maximum absolute atomic E-state index is 13.7. The minimum absolute atomic E-state index is 0.113. The molecule has 180 valence electrons. The van der Waals surface area contributed by atoms with Gasteiger partial charge in [0.1, 0.15) is 5.58 Å². The average Bonchev–Trinajstić information content (AvgIpc) is 3.13. The van der Waals surface area contributed by atoms with Gasteiger partial charge in [0.25, 0.3) is 5.91 Å². The summed E-state index contributed by atoms with van der Waals surface area (Å²) in [5.74, 6) is 0.967. The SMILES string of the molecule is CCN(CC)CCCN1C(=O)c2oc3ccc(Br)cc3c(=O)c2[C@@H]1c1ccc(OC)c(OC)c1. The summed E-state index contributed by atoms with van der Waals surface area (Å²) in [6.07, 6.45) is 0.782. The standard InChI is InChI=1S/C26H29BrN2O5/c1-5-28(6-2)12-7-13-29-23(16-8-10-20(32-3)21(14-16)33-4)22-24(30)18-15-17(27)9-11-19(18)34-25(22)26(29)31/h8-11,14-15,23H,5-7,12-13H2,1-4H3/t23-/m0/s1. The Balaban J connectivity index is 1.84. The molecule has 0 radical (unpaired) electrons. The number of halogens is 1. The minimum atomic E-state index is -0.571. The summed E-state index contributed by atoms with van der Waals surface area (Å²) >= 11 is 3.43. The van der Waals surface area contributed by atoms with E-state index in [0.717, 1.165) is 36.1 Å². The summed E-state index contributed by atoms with van der Waals surface area (Å²) in [5.41, 5.74) is 1.34. The molecule has 4 rings (SSSR count). The van der Waals surface area contributed by atoms with Gasteiger partial charge in [-0.1, -0.05) is 35.8 Å². The van der Waals surface area contributed by atoms with E-state index >= 15 is 0 Å². The lowest BCUT2D eigenvalue weighted by molar-refractivity contribution is 0.0720. The number of methoxy groups -OCH3 is 2. The average molecular weight is 529 g/mol. The Kier molecular flexibility index (Phi) is 7.28. The van der Waals surface area contributed by atoms with E-state index in [9.17, 15) is 9.59 Å². The zero-order valence-electron chi connectivity index (χ0n) is 19.9. The molecule has 0 saturated heterocycles. The molecule has 1 aromatic heterocycles. The highest BCUT2D eigenvalue weighted by molar-refractivity contribution is 9.10. The van der Waals surface area contributed by atoms with Crippen LogP contribution in [0.15, 0.2) is 50.1 Å². The van der Waals surface area contributed by atoms with E-state index in [1.807, 2.05) is 12.1 Å². The van der Waals surface area contributed by atoms with Crippen molar-refractivity contribution in [3.8, 4) is 11.5 Å². The highest BCUT2D eigenvalue weighted by atomic mass is 79.9. The van der Waals surface area contributed by atoms with Gasteiger partial charge in [0, 0.05) is 11.0 Å². The molecule has 1 aliphatic heterocycles. The van der Waals surface area contributed by atoms with Gasteiger partial charge in [-0.2, -0.15) is 0 Å². The van der Waals surface area contributed by atoms with E-state index < -0.39 is 6.04 Å². The van der Waals surface area contributed by atoms with Gasteiger partial charge < -0.3 is 23.7 Å². The highest BCUT2D eigenvalue weighted by Crippen LogP contribution is 2.41. The van der Waals surface area contributed by atoms with Crippen LogP contribution in [0, 0.1) is 0 Å². The number of fused-ring (bicyclic) bond motifs is 2. The van der Waals surface area contributed by atoms with Crippen LogP contribution in [0.1, 0.15) is 48.0 Å². The van der Waals surface area contributed by atoms with Crippen molar-refractivity contribution in [1.82, 2.24) is 9.80 Å². The van der Waals surface area contributed by atoms with Crippen LogP contribution in [-0.2, 0) is 0 Å². The van der Waals surface area contributed by atoms with Crippen LogP contribution in [-0.4, -0.2) is 56.1 Å². The Hall–Kier alpha value is -2.84. The van der Waals surface area contributed by atoms with Gasteiger partial charge in [-0.15, -0.1) is 0 Å². The van der Waals surface area contributed by atoms with Gasteiger partial charge in [0.05, 0.1) is 31.2 Å². The number of carbonyl (C=O) groups excluding carboxylic acids is 1. The molecule has 0 N–H and O–H groups in total. The Morgan fingerprint density at radius 2 is 1.76 bits per heavy atom. The number of amides is 1. The highest BCUT2D eigenvalue weighted by Gasteiger charge is 2.42. The van der Waals surface area contributed by atoms with Gasteiger partial charge >= 0.3 is 0 Å². The summed E-state index contributed by atoms with van der Waals surface area (Å²) in [4.78, 5) is 31.3. The van der Waals surface area contributed by atoms with E-state index in [-0.39, 0.29) is 17.1 Å². The summed E-state index contributed by atoms with van der Waals surface area (Å²) in [7, 11) is 3.14. The number of carbonyl (C=O) groups is 1. The van der Waals surface area contributed by atoms with Crippen molar-refractivity contribution in [2.45, 2.75) is 26.3 Å². The predicted molar refractivity (Wildman–Crippen MR) is 135 cm³/mol. The van der Waals surface area contributed by atoms with Crippen molar-refractivity contribution >= 4 is 32.8 Å². The molecular weight excluding hydrogens is 500 g/mol. The Bertz CT molecular complexity index is 1270. The van der Waals surface area contributed by atoms with Crippen LogP contribution in [0.3, 0.4) is 0 Å². The molecule has 0 bridgehead atoms. The molecule has 2 aromatic carbocycles. The van der Waals surface area contributed by atoms with Crippen molar-refractivity contribution in [1.29, 1.82) is 0 Å². The molecule has 7 nitrogen and oxygen atoms in total. The summed E-state index contributed by atoms with van der Waals surface area (Å²) in [6.45, 7) is 7.51. The first-order chi connectivity index (χ1) is 16.4. The summed E-state index contributed by atoms with van der Waals surface area (Å²) in [6, 6.07) is 10.2. The first-order valence-electron chi connectivity index (χ1n) is 11.4. The first-order valence-corrected chi connectivity index (χ1v) is 12.2. The number of benzene rings is 2. The molecule has 0 fully saturated rings.